The molecule has 0 spiro atoms. The molecule has 2 fully saturated rings. The summed E-state index contributed by atoms with van der Waals surface area (Å²) < 4.78 is 5.31. The number of rotatable bonds is 6. The molecule has 0 radical (unpaired) electrons. The van der Waals surface area contributed by atoms with Gasteiger partial charge in [-0.2, -0.15) is 5.26 Å². The molecule has 2 aliphatic heterocycles. The number of nitriles is 1. The molecule has 40 heavy (non-hydrogen) atoms. The maximum absolute atomic E-state index is 13.5. The number of urea groups is 1. The number of nitrogens with zero attached hydrogens (tertiary/aromatic N) is 4. The Hall–Kier alpha value is -4.43. The SMILES string of the molecule is COc1ccc(N2C(=O)Nc3c(C(=O)NC4CCCN(C(=O)C(C#N)=CC5CC5)C4)sc4nccc2c34)c(C)c1. The van der Waals surface area contributed by atoms with E-state index in [1.165, 1.54) is 11.3 Å². The second kappa shape index (κ2) is 10.3. The minimum Gasteiger partial charge on any atom is -0.497 e. The van der Waals surface area contributed by atoms with E-state index in [1.54, 1.807) is 41.3 Å². The fourth-order valence-electron chi connectivity index (χ4n) is 5.35. The van der Waals surface area contributed by atoms with Crippen LogP contribution >= 0.6 is 11.3 Å². The zero-order valence-corrected chi connectivity index (χ0v) is 23.0. The summed E-state index contributed by atoms with van der Waals surface area (Å²) in [5, 5.41) is 16.2. The minimum atomic E-state index is -0.373. The third-order valence-corrected chi connectivity index (χ3v) is 8.61. The average molecular weight is 557 g/mol. The molecule has 204 valence electrons. The van der Waals surface area contributed by atoms with E-state index in [4.69, 9.17) is 4.74 Å². The van der Waals surface area contributed by atoms with Gasteiger partial charge in [0.1, 0.15) is 27.1 Å². The molecule has 2 N–H and O–H groups in total. The molecule has 2 aromatic heterocycles. The van der Waals surface area contributed by atoms with Crippen molar-refractivity contribution in [2.75, 3.05) is 30.4 Å². The lowest BCUT2D eigenvalue weighted by Gasteiger charge is -2.33. The number of hydrogen-bond acceptors (Lipinski definition) is 7. The Morgan fingerprint density at radius 2 is 2.08 bits per heavy atom. The van der Waals surface area contributed by atoms with Crippen LogP contribution in [-0.2, 0) is 4.79 Å². The van der Waals surface area contributed by atoms with Crippen molar-refractivity contribution in [3.05, 3.63) is 52.6 Å². The van der Waals surface area contributed by atoms with E-state index in [1.807, 2.05) is 25.1 Å². The Kier molecular flexibility index (Phi) is 6.64. The lowest BCUT2D eigenvalue weighted by Crippen LogP contribution is -2.50. The predicted molar refractivity (Wildman–Crippen MR) is 152 cm³/mol. The van der Waals surface area contributed by atoms with Gasteiger partial charge in [0, 0.05) is 25.3 Å². The van der Waals surface area contributed by atoms with E-state index < -0.39 is 0 Å². The van der Waals surface area contributed by atoms with Crippen LogP contribution in [0.3, 0.4) is 0 Å². The molecule has 4 amide bonds. The van der Waals surface area contributed by atoms with Gasteiger partial charge in [-0.05, 0) is 68.4 Å². The van der Waals surface area contributed by atoms with Crippen LogP contribution in [0.4, 0.5) is 21.9 Å². The fraction of sp³-hybridized carbons (Fsp3) is 0.345. The molecule has 3 aromatic rings. The standard InChI is InChI=1S/C29H28N6O4S/c1-16-12-20(39-2)7-8-21(16)35-22-9-10-31-27-23(22)24(33-29(35)38)25(40-27)26(36)32-19-4-3-11-34(15-19)28(37)18(14-30)13-17-5-6-17/h7-10,12-13,17,19H,3-6,11,15H2,1-2H3,(H,32,36)(H,33,38). The molecular weight excluding hydrogens is 528 g/mol. The van der Waals surface area contributed by atoms with Gasteiger partial charge >= 0.3 is 6.03 Å². The molecule has 11 heteroatoms. The number of anilines is 3. The molecule has 1 saturated carbocycles. The number of carbonyl (C=O) groups excluding carboxylic acids is 3. The minimum absolute atomic E-state index is 0.182. The van der Waals surface area contributed by atoms with Crippen molar-refractivity contribution in [2.24, 2.45) is 5.92 Å². The molecule has 6 rings (SSSR count). The summed E-state index contributed by atoms with van der Waals surface area (Å²) in [6.45, 7) is 2.78. The van der Waals surface area contributed by atoms with E-state index in [9.17, 15) is 19.6 Å². The quantitative estimate of drug-likeness (QED) is 0.329. The summed E-state index contributed by atoms with van der Waals surface area (Å²) >= 11 is 1.22. The Morgan fingerprint density at radius 3 is 2.80 bits per heavy atom. The Balaban J connectivity index is 1.26. The number of ether oxygens (including phenoxy) is 1. The highest BCUT2D eigenvalue weighted by Crippen LogP contribution is 2.46. The number of aryl methyl sites for hydroxylation is 1. The topological polar surface area (TPSA) is 128 Å². The van der Waals surface area contributed by atoms with Crippen LogP contribution in [0.1, 0.15) is 40.9 Å². The summed E-state index contributed by atoms with van der Waals surface area (Å²) in [6, 6.07) is 8.68. The third kappa shape index (κ3) is 4.64. The summed E-state index contributed by atoms with van der Waals surface area (Å²) in [6.07, 6.45) is 6.87. The van der Waals surface area contributed by atoms with Crippen LogP contribution < -0.4 is 20.3 Å². The number of methoxy groups -OCH3 is 1. The van der Waals surface area contributed by atoms with E-state index in [0.717, 1.165) is 24.8 Å². The van der Waals surface area contributed by atoms with Crippen molar-refractivity contribution in [3.63, 3.8) is 0 Å². The van der Waals surface area contributed by atoms with Crippen LogP contribution in [0.15, 0.2) is 42.1 Å². The number of amides is 4. The second-order valence-corrected chi connectivity index (χ2v) is 11.3. The van der Waals surface area contributed by atoms with E-state index in [2.05, 4.69) is 15.6 Å². The highest BCUT2D eigenvalue weighted by molar-refractivity contribution is 7.21. The number of piperidine rings is 1. The molecule has 10 nitrogen and oxygen atoms in total. The number of hydrogen-bond donors (Lipinski definition) is 2. The molecule has 1 atom stereocenters. The van der Waals surface area contributed by atoms with Crippen molar-refractivity contribution < 1.29 is 19.1 Å². The summed E-state index contributed by atoms with van der Waals surface area (Å²) in [7, 11) is 1.59. The van der Waals surface area contributed by atoms with Crippen LogP contribution in [0.25, 0.3) is 10.2 Å². The summed E-state index contributed by atoms with van der Waals surface area (Å²) in [5.41, 5.74) is 2.83. The molecule has 1 aromatic carbocycles. The van der Waals surface area contributed by atoms with Gasteiger partial charge in [0.15, 0.2) is 0 Å². The fourth-order valence-corrected chi connectivity index (χ4v) is 6.37. The number of allylic oxidation sites excluding steroid dienone is 1. The lowest BCUT2D eigenvalue weighted by molar-refractivity contribution is -0.128. The summed E-state index contributed by atoms with van der Waals surface area (Å²) in [4.78, 5) is 48.6. The number of benzene rings is 1. The van der Waals surface area contributed by atoms with Gasteiger partial charge in [-0.15, -0.1) is 11.3 Å². The van der Waals surface area contributed by atoms with Gasteiger partial charge in [0.05, 0.1) is 29.6 Å². The first-order valence-electron chi connectivity index (χ1n) is 13.3. The van der Waals surface area contributed by atoms with E-state index in [0.29, 0.717) is 63.3 Å². The molecule has 3 aliphatic rings. The highest BCUT2D eigenvalue weighted by Gasteiger charge is 2.35. The molecule has 1 aliphatic carbocycles. The van der Waals surface area contributed by atoms with Crippen LogP contribution in [-0.4, -0.2) is 54.0 Å². The number of likely N-dealkylation sites (tertiary alicyclic amines) is 1. The number of aromatic nitrogens is 1. The molecule has 0 bridgehead atoms. The normalized spacial score (nSPS) is 18.8. The predicted octanol–water partition coefficient (Wildman–Crippen LogP) is 4.88. The number of nitrogens with one attached hydrogen (secondary N) is 2. The van der Waals surface area contributed by atoms with Gasteiger partial charge in [0.25, 0.3) is 11.8 Å². The third-order valence-electron chi connectivity index (χ3n) is 7.52. The van der Waals surface area contributed by atoms with Crippen LogP contribution in [0, 0.1) is 24.2 Å². The average Bonchev–Trinajstić information content (AvgIpc) is 3.71. The van der Waals surface area contributed by atoms with Crippen LogP contribution in [0.5, 0.6) is 5.75 Å². The number of thiophene rings is 1. The molecular formula is C29H28N6O4S. The molecule has 4 heterocycles. The first-order chi connectivity index (χ1) is 19.4. The first kappa shape index (κ1) is 25.8. The Bertz CT molecular complexity index is 1620. The zero-order chi connectivity index (χ0) is 28.0. The zero-order valence-electron chi connectivity index (χ0n) is 22.2. The van der Waals surface area contributed by atoms with Crippen molar-refractivity contribution in [2.45, 2.75) is 38.6 Å². The molecule has 1 saturated heterocycles. The Morgan fingerprint density at radius 1 is 1.25 bits per heavy atom. The first-order valence-corrected chi connectivity index (χ1v) is 14.1. The monoisotopic (exact) mass is 556 g/mol. The van der Waals surface area contributed by atoms with Gasteiger partial charge in [0.2, 0.25) is 0 Å². The largest absolute Gasteiger partial charge is 0.497 e. The highest BCUT2D eigenvalue weighted by atomic mass is 32.1. The van der Waals surface area contributed by atoms with Crippen molar-refractivity contribution >= 4 is 56.5 Å². The van der Waals surface area contributed by atoms with E-state index >= 15 is 0 Å². The smallest absolute Gasteiger partial charge is 0.331 e. The maximum atomic E-state index is 13.5. The number of pyridine rings is 1. The Labute approximate surface area is 235 Å². The maximum Gasteiger partial charge on any atom is 0.331 e. The van der Waals surface area contributed by atoms with Crippen molar-refractivity contribution in [1.82, 2.24) is 15.2 Å². The van der Waals surface area contributed by atoms with Gasteiger partial charge in [-0.25, -0.2) is 9.78 Å². The van der Waals surface area contributed by atoms with Gasteiger partial charge < -0.3 is 20.3 Å². The van der Waals surface area contributed by atoms with Crippen LogP contribution in [0.2, 0.25) is 0 Å². The second-order valence-electron chi connectivity index (χ2n) is 10.3. The summed E-state index contributed by atoms with van der Waals surface area (Å²) in [5.74, 6) is 0.411. The molecule has 1 unspecified atom stereocenters. The van der Waals surface area contributed by atoms with Crippen molar-refractivity contribution in [3.8, 4) is 11.8 Å². The van der Waals surface area contributed by atoms with Gasteiger partial charge in [-0.1, -0.05) is 6.08 Å². The van der Waals surface area contributed by atoms with Crippen molar-refractivity contribution in [1.29, 1.82) is 5.26 Å². The van der Waals surface area contributed by atoms with E-state index in [-0.39, 0.29) is 29.5 Å². The lowest BCUT2D eigenvalue weighted by atomic mass is 10.0. The van der Waals surface area contributed by atoms with Gasteiger partial charge in [-0.3, -0.25) is 14.5 Å². The number of carbonyl (C=O) groups is 3.